The maximum Gasteiger partial charge on any atom is 0.147 e. The van der Waals surface area contributed by atoms with E-state index in [1.165, 1.54) is 37.2 Å². The van der Waals surface area contributed by atoms with Crippen molar-refractivity contribution in [1.82, 2.24) is 9.36 Å². The Kier molecular flexibility index (Phi) is 4.50. The van der Waals surface area contributed by atoms with E-state index in [4.69, 9.17) is 5.73 Å². The molecule has 0 saturated heterocycles. The molecule has 0 fully saturated rings. The van der Waals surface area contributed by atoms with Crippen molar-refractivity contribution in [3.05, 3.63) is 36.2 Å². The summed E-state index contributed by atoms with van der Waals surface area (Å²) in [5, 5.41) is 4.55. The predicted octanol–water partition coefficient (Wildman–Crippen LogP) is 4.09. The first kappa shape index (κ1) is 14.1. The standard InChI is InChI=1S/C16H20N4S/c17-15-14(13-7-9-18-10-8-13)16(21-20-15)19-11-6-12-4-2-1-3-5-12/h4,7-10,19H,1-3,5-6,11H2,(H2,17,20). The average Bonchev–Trinajstić information content (AvgIpc) is 2.90. The number of nitrogens with zero attached hydrogens (tertiary/aromatic N) is 2. The van der Waals surface area contributed by atoms with E-state index in [1.54, 1.807) is 18.0 Å². The van der Waals surface area contributed by atoms with Gasteiger partial charge >= 0.3 is 0 Å². The minimum atomic E-state index is 0.589. The SMILES string of the molecule is Nc1nsc(NCCC2=CCCCC2)c1-c1ccncc1. The number of pyridine rings is 1. The van der Waals surface area contributed by atoms with Crippen molar-refractivity contribution in [3.8, 4) is 11.1 Å². The van der Waals surface area contributed by atoms with Crippen LogP contribution in [0.5, 0.6) is 0 Å². The van der Waals surface area contributed by atoms with Crippen molar-refractivity contribution in [2.75, 3.05) is 17.6 Å². The van der Waals surface area contributed by atoms with Gasteiger partial charge in [0.1, 0.15) is 10.8 Å². The summed E-state index contributed by atoms with van der Waals surface area (Å²) in [6, 6.07) is 3.93. The van der Waals surface area contributed by atoms with Gasteiger partial charge < -0.3 is 11.1 Å². The third kappa shape index (κ3) is 3.42. The molecule has 21 heavy (non-hydrogen) atoms. The highest BCUT2D eigenvalue weighted by atomic mass is 32.1. The number of nitrogens with two attached hydrogens (primary N) is 1. The second kappa shape index (κ2) is 6.72. The van der Waals surface area contributed by atoms with E-state index in [0.717, 1.165) is 29.1 Å². The van der Waals surface area contributed by atoms with Gasteiger partial charge in [0.2, 0.25) is 0 Å². The van der Waals surface area contributed by atoms with Crippen LogP contribution in [0.3, 0.4) is 0 Å². The molecule has 0 amide bonds. The fourth-order valence-electron chi connectivity index (χ4n) is 2.69. The van der Waals surface area contributed by atoms with Gasteiger partial charge in [-0.1, -0.05) is 11.6 Å². The molecule has 3 rings (SSSR count). The molecule has 0 aliphatic heterocycles. The van der Waals surface area contributed by atoms with Crippen molar-refractivity contribution in [2.45, 2.75) is 32.1 Å². The molecule has 0 atom stereocenters. The summed E-state index contributed by atoms with van der Waals surface area (Å²) in [6.07, 6.45) is 12.2. The van der Waals surface area contributed by atoms with Crippen molar-refractivity contribution in [3.63, 3.8) is 0 Å². The van der Waals surface area contributed by atoms with Gasteiger partial charge in [0.15, 0.2) is 0 Å². The predicted molar refractivity (Wildman–Crippen MR) is 89.4 cm³/mol. The summed E-state index contributed by atoms with van der Waals surface area (Å²) in [4.78, 5) is 4.05. The molecule has 0 bridgehead atoms. The monoisotopic (exact) mass is 300 g/mol. The van der Waals surface area contributed by atoms with E-state index >= 15 is 0 Å². The van der Waals surface area contributed by atoms with Gasteiger partial charge in [0, 0.05) is 18.9 Å². The van der Waals surface area contributed by atoms with E-state index in [0.29, 0.717) is 5.82 Å². The Bertz CT molecular complexity index is 618. The van der Waals surface area contributed by atoms with Crippen molar-refractivity contribution in [2.24, 2.45) is 0 Å². The van der Waals surface area contributed by atoms with Crippen LogP contribution in [-0.2, 0) is 0 Å². The molecule has 0 saturated carbocycles. The number of hydrogen-bond donors (Lipinski definition) is 2. The van der Waals surface area contributed by atoms with Crippen LogP contribution < -0.4 is 11.1 Å². The highest BCUT2D eigenvalue weighted by Crippen LogP contribution is 2.36. The fourth-order valence-corrected chi connectivity index (χ4v) is 3.45. The number of aromatic nitrogens is 2. The quantitative estimate of drug-likeness (QED) is 0.816. The Balaban J connectivity index is 1.67. The lowest BCUT2D eigenvalue weighted by molar-refractivity contribution is 0.679. The molecule has 2 aromatic rings. The molecule has 2 aromatic heterocycles. The first-order valence-electron chi connectivity index (χ1n) is 7.42. The number of anilines is 2. The zero-order valence-electron chi connectivity index (χ0n) is 12.0. The first-order valence-corrected chi connectivity index (χ1v) is 8.19. The normalized spacial score (nSPS) is 14.8. The van der Waals surface area contributed by atoms with Crippen LogP contribution in [0.1, 0.15) is 32.1 Å². The second-order valence-corrected chi connectivity index (χ2v) is 6.07. The minimum Gasteiger partial charge on any atom is -0.382 e. The highest BCUT2D eigenvalue weighted by molar-refractivity contribution is 7.11. The van der Waals surface area contributed by atoms with Crippen molar-refractivity contribution < 1.29 is 0 Å². The van der Waals surface area contributed by atoms with E-state index in [1.807, 2.05) is 12.1 Å². The van der Waals surface area contributed by atoms with Crippen LogP contribution >= 0.6 is 11.5 Å². The summed E-state index contributed by atoms with van der Waals surface area (Å²) in [7, 11) is 0. The van der Waals surface area contributed by atoms with Crippen molar-refractivity contribution >= 4 is 22.4 Å². The lowest BCUT2D eigenvalue weighted by atomic mass is 9.97. The molecule has 1 aliphatic carbocycles. The van der Waals surface area contributed by atoms with E-state index in [-0.39, 0.29) is 0 Å². The van der Waals surface area contributed by atoms with Crippen LogP contribution in [0.2, 0.25) is 0 Å². The number of rotatable bonds is 5. The fraction of sp³-hybridized carbons (Fsp3) is 0.375. The van der Waals surface area contributed by atoms with Gasteiger partial charge in [-0.3, -0.25) is 4.98 Å². The lowest BCUT2D eigenvalue weighted by Gasteiger charge is -2.13. The molecule has 5 heteroatoms. The number of nitrogens with one attached hydrogen (secondary N) is 1. The summed E-state index contributed by atoms with van der Waals surface area (Å²) >= 11 is 1.43. The maximum atomic E-state index is 6.02. The molecule has 110 valence electrons. The summed E-state index contributed by atoms with van der Waals surface area (Å²) in [5.74, 6) is 0.589. The van der Waals surface area contributed by atoms with Gasteiger partial charge in [0.25, 0.3) is 0 Å². The molecular formula is C16H20N4S. The highest BCUT2D eigenvalue weighted by Gasteiger charge is 2.13. The van der Waals surface area contributed by atoms with E-state index in [2.05, 4.69) is 20.8 Å². The average molecular weight is 300 g/mol. The Morgan fingerprint density at radius 2 is 2.10 bits per heavy atom. The van der Waals surface area contributed by atoms with Crippen LogP contribution in [0, 0.1) is 0 Å². The third-order valence-corrected chi connectivity index (χ3v) is 4.62. The Morgan fingerprint density at radius 3 is 2.86 bits per heavy atom. The minimum absolute atomic E-state index is 0.589. The molecule has 4 nitrogen and oxygen atoms in total. The first-order chi connectivity index (χ1) is 10.3. The molecular weight excluding hydrogens is 280 g/mol. The summed E-state index contributed by atoms with van der Waals surface area (Å²) < 4.78 is 4.28. The maximum absolute atomic E-state index is 6.02. The zero-order chi connectivity index (χ0) is 14.5. The Labute approximate surface area is 129 Å². The largest absolute Gasteiger partial charge is 0.382 e. The molecule has 0 aromatic carbocycles. The zero-order valence-corrected chi connectivity index (χ0v) is 12.8. The van der Waals surface area contributed by atoms with Gasteiger partial charge in [-0.05, 0) is 61.3 Å². The molecule has 0 spiro atoms. The van der Waals surface area contributed by atoms with E-state index in [9.17, 15) is 0 Å². The molecule has 0 unspecified atom stereocenters. The van der Waals surface area contributed by atoms with Crippen LogP contribution in [0.4, 0.5) is 10.8 Å². The molecule has 1 aliphatic rings. The van der Waals surface area contributed by atoms with Gasteiger partial charge in [-0.15, -0.1) is 0 Å². The second-order valence-electron chi connectivity index (χ2n) is 5.29. The molecule has 0 radical (unpaired) electrons. The van der Waals surface area contributed by atoms with E-state index < -0.39 is 0 Å². The van der Waals surface area contributed by atoms with Gasteiger partial charge in [0.05, 0.1) is 5.56 Å². The van der Waals surface area contributed by atoms with Gasteiger partial charge in [-0.25, -0.2) is 0 Å². The number of nitrogen functional groups attached to an aromatic ring is 1. The van der Waals surface area contributed by atoms with Crippen LogP contribution in [-0.4, -0.2) is 15.9 Å². The summed E-state index contributed by atoms with van der Waals surface area (Å²) in [6.45, 7) is 0.936. The van der Waals surface area contributed by atoms with Gasteiger partial charge in [-0.2, -0.15) is 4.37 Å². The Hall–Kier alpha value is -1.88. The Morgan fingerprint density at radius 1 is 1.24 bits per heavy atom. The van der Waals surface area contributed by atoms with Crippen molar-refractivity contribution in [1.29, 1.82) is 0 Å². The molecule has 3 N–H and O–H groups in total. The topological polar surface area (TPSA) is 63.8 Å². The molecule has 2 heterocycles. The summed E-state index contributed by atoms with van der Waals surface area (Å²) in [5.41, 5.74) is 9.66. The number of allylic oxidation sites excluding steroid dienone is 1. The third-order valence-electron chi connectivity index (χ3n) is 3.80. The lowest BCUT2D eigenvalue weighted by Crippen LogP contribution is -2.04. The number of hydrogen-bond acceptors (Lipinski definition) is 5. The van der Waals surface area contributed by atoms with Crippen LogP contribution in [0.15, 0.2) is 36.2 Å². The van der Waals surface area contributed by atoms with Crippen LogP contribution in [0.25, 0.3) is 11.1 Å². The smallest absolute Gasteiger partial charge is 0.147 e.